The van der Waals surface area contributed by atoms with Gasteiger partial charge in [0.1, 0.15) is 0 Å². The van der Waals surface area contributed by atoms with E-state index in [0.717, 1.165) is 5.56 Å². The summed E-state index contributed by atoms with van der Waals surface area (Å²) >= 11 is 0. The molecule has 0 fully saturated rings. The maximum Gasteiger partial charge on any atom is 0.337 e. The highest BCUT2D eigenvalue weighted by molar-refractivity contribution is 5.88. The molecule has 0 aliphatic carbocycles. The molecule has 2 heterocycles. The number of hydrogen-bond donors (Lipinski definition) is 1. The van der Waals surface area contributed by atoms with E-state index < -0.39 is 5.97 Å². The van der Waals surface area contributed by atoms with Gasteiger partial charge in [0.05, 0.1) is 18.0 Å². The molecular weight excluding hydrogens is 194 g/mol. The van der Waals surface area contributed by atoms with Crippen molar-refractivity contribution in [2.45, 2.75) is 0 Å². The van der Waals surface area contributed by atoms with Crippen molar-refractivity contribution in [3.8, 4) is 11.1 Å². The zero-order valence-corrected chi connectivity index (χ0v) is 7.66. The van der Waals surface area contributed by atoms with Gasteiger partial charge < -0.3 is 5.11 Å². The topological polar surface area (TPSA) is 76.0 Å². The summed E-state index contributed by atoms with van der Waals surface area (Å²) in [5.41, 5.74) is 1.66. The first-order valence-corrected chi connectivity index (χ1v) is 4.23. The standard InChI is InChI=1S/C10H7N3O2/c14-10(15)9-3-8(4-11-5-9)7-1-2-12-13-6-7/h1-6H,(H,14,15). The largest absolute Gasteiger partial charge is 0.478 e. The first kappa shape index (κ1) is 9.26. The van der Waals surface area contributed by atoms with Gasteiger partial charge in [-0.2, -0.15) is 10.2 Å². The molecule has 0 saturated heterocycles. The van der Waals surface area contributed by atoms with Gasteiger partial charge in [0.25, 0.3) is 0 Å². The first-order chi connectivity index (χ1) is 7.27. The van der Waals surface area contributed by atoms with Crippen molar-refractivity contribution in [2.75, 3.05) is 0 Å². The van der Waals surface area contributed by atoms with E-state index in [-0.39, 0.29) is 5.56 Å². The second-order valence-corrected chi connectivity index (χ2v) is 2.90. The lowest BCUT2D eigenvalue weighted by Gasteiger charge is -2.00. The van der Waals surface area contributed by atoms with E-state index in [4.69, 9.17) is 5.11 Å². The second-order valence-electron chi connectivity index (χ2n) is 2.90. The summed E-state index contributed by atoms with van der Waals surface area (Å²) in [6.07, 6.45) is 6.00. The minimum Gasteiger partial charge on any atom is -0.478 e. The molecule has 5 nitrogen and oxygen atoms in total. The number of carboxylic acid groups (broad SMARTS) is 1. The Morgan fingerprint density at radius 3 is 2.67 bits per heavy atom. The number of pyridine rings is 1. The number of carboxylic acids is 1. The van der Waals surface area contributed by atoms with Crippen LogP contribution in [0.25, 0.3) is 11.1 Å². The van der Waals surface area contributed by atoms with Gasteiger partial charge in [0, 0.05) is 23.5 Å². The Morgan fingerprint density at radius 2 is 2.00 bits per heavy atom. The Hall–Kier alpha value is -2.30. The molecule has 2 rings (SSSR count). The molecule has 0 spiro atoms. The van der Waals surface area contributed by atoms with Gasteiger partial charge in [-0.1, -0.05) is 0 Å². The van der Waals surface area contributed by atoms with Gasteiger partial charge in [-0.15, -0.1) is 0 Å². The third kappa shape index (κ3) is 1.96. The fourth-order valence-corrected chi connectivity index (χ4v) is 1.18. The molecule has 0 amide bonds. The summed E-state index contributed by atoms with van der Waals surface area (Å²) < 4.78 is 0. The van der Waals surface area contributed by atoms with E-state index in [1.165, 1.54) is 6.20 Å². The minimum absolute atomic E-state index is 0.157. The number of nitrogens with zero attached hydrogens (tertiary/aromatic N) is 3. The van der Waals surface area contributed by atoms with Gasteiger partial charge in [0.15, 0.2) is 0 Å². The molecule has 15 heavy (non-hydrogen) atoms. The van der Waals surface area contributed by atoms with Crippen molar-refractivity contribution in [1.29, 1.82) is 0 Å². The van der Waals surface area contributed by atoms with Crippen LogP contribution >= 0.6 is 0 Å². The van der Waals surface area contributed by atoms with Crippen molar-refractivity contribution in [2.24, 2.45) is 0 Å². The molecule has 0 radical (unpaired) electrons. The van der Waals surface area contributed by atoms with Crippen LogP contribution in [0.15, 0.2) is 36.9 Å². The second kappa shape index (κ2) is 3.83. The number of rotatable bonds is 2. The van der Waals surface area contributed by atoms with Crippen LogP contribution in [0.5, 0.6) is 0 Å². The van der Waals surface area contributed by atoms with Crippen molar-refractivity contribution in [3.63, 3.8) is 0 Å². The fraction of sp³-hybridized carbons (Fsp3) is 0. The van der Waals surface area contributed by atoms with Crippen LogP contribution in [0.4, 0.5) is 0 Å². The molecule has 0 saturated carbocycles. The van der Waals surface area contributed by atoms with E-state index >= 15 is 0 Å². The molecule has 0 bridgehead atoms. The monoisotopic (exact) mass is 201 g/mol. The summed E-state index contributed by atoms with van der Waals surface area (Å²) in [6, 6.07) is 3.29. The summed E-state index contributed by atoms with van der Waals surface area (Å²) in [7, 11) is 0. The number of hydrogen-bond acceptors (Lipinski definition) is 4. The predicted octanol–water partition coefficient (Wildman–Crippen LogP) is 1.24. The van der Waals surface area contributed by atoms with Crippen LogP contribution in [0.3, 0.4) is 0 Å². The van der Waals surface area contributed by atoms with Gasteiger partial charge in [-0.25, -0.2) is 4.79 Å². The lowest BCUT2D eigenvalue weighted by atomic mass is 10.1. The highest BCUT2D eigenvalue weighted by atomic mass is 16.4. The van der Waals surface area contributed by atoms with Gasteiger partial charge in [-0.05, 0) is 12.1 Å². The summed E-state index contributed by atoms with van der Waals surface area (Å²) in [5, 5.41) is 16.1. The molecule has 2 aromatic heterocycles. The fourth-order valence-electron chi connectivity index (χ4n) is 1.18. The van der Waals surface area contributed by atoms with Crippen LogP contribution in [0.2, 0.25) is 0 Å². The Labute approximate surface area is 85.4 Å². The van der Waals surface area contributed by atoms with Crippen LogP contribution in [-0.4, -0.2) is 26.3 Å². The summed E-state index contributed by atoms with van der Waals surface area (Å²) in [4.78, 5) is 14.6. The number of carbonyl (C=O) groups is 1. The SMILES string of the molecule is O=C(O)c1cncc(-c2ccnnc2)c1. The molecule has 0 aromatic carbocycles. The molecular formula is C10H7N3O2. The summed E-state index contributed by atoms with van der Waals surface area (Å²) in [5.74, 6) is -0.994. The molecule has 0 atom stereocenters. The third-order valence-corrected chi connectivity index (χ3v) is 1.90. The highest BCUT2D eigenvalue weighted by Crippen LogP contribution is 2.17. The maximum atomic E-state index is 10.7. The van der Waals surface area contributed by atoms with Gasteiger partial charge >= 0.3 is 5.97 Å². The predicted molar refractivity (Wildman–Crippen MR) is 52.2 cm³/mol. The van der Waals surface area contributed by atoms with Crippen molar-refractivity contribution in [1.82, 2.24) is 15.2 Å². The Morgan fingerprint density at radius 1 is 1.13 bits per heavy atom. The molecule has 0 aliphatic heterocycles. The Kier molecular flexibility index (Phi) is 2.37. The van der Waals surface area contributed by atoms with Crippen molar-refractivity contribution < 1.29 is 9.90 Å². The molecule has 74 valence electrons. The Bertz CT molecular complexity index is 485. The summed E-state index contributed by atoms with van der Waals surface area (Å²) in [6.45, 7) is 0. The molecule has 1 N–H and O–H groups in total. The molecule has 5 heteroatoms. The first-order valence-electron chi connectivity index (χ1n) is 4.23. The zero-order valence-electron chi connectivity index (χ0n) is 7.66. The van der Waals surface area contributed by atoms with Gasteiger partial charge in [-0.3, -0.25) is 4.98 Å². The minimum atomic E-state index is -0.994. The zero-order chi connectivity index (χ0) is 10.7. The lowest BCUT2D eigenvalue weighted by molar-refractivity contribution is 0.0696. The molecule has 2 aromatic rings. The number of aromatic nitrogens is 3. The van der Waals surface area contributed by atoms with E-state index in [1.54, 1.807) is 30.7 Å². The lowest BCUT2D eigenvalue weighted by Crippen LogP contribution is -1.97. The number of aromatic carboxylic acids is 1. The van der Waals surface area contributed by atoms with E-state index in [0.29, 0.717) is 5.56 Å². The average molecular weight is 201 g/mol. The smallest absolute Gasteiger partial charge is 0.337 e. The van der Waals surface area contributed by atoms with E-state index in [2.05, 4.69) is 15.2 Å². The average Bonchev–Trinajstić information content (AvgIpc) is 2.30. The normalized spacial score (nSPS) is 9.87. The van der Waals surface area contributed by atoms with Gasteiger partial charge in [0.2, 0.25) is 0 Å². The van der Waals surface area contributed by atoms with Crippen LogP contribution in [-0.2, 0) is 0 Å². The molecule has 0 aliphatic rings. The Balaban J connectivity index is 2.46. The van der Waals surface area contributed by atoms with Crippen LogP contribution in [0.1, 0.15) is 10.4 Å². The van der Waals surface area contributed by atoms with E-state index in [9.17, 15) is 4.79 Å². The van der Waals surface area contributed by atoms with Crippen LogP contribution in [0, 0.1) is 0 Å². The maximum absolute atomic E-state index is 10.7. The van der Waals surface area contributed by atoms with Crippen molar-refractivity contribution >= 4 is 5.97 Å². The van der Waals surface area contributed by atoms with Crippen LogP contribution < -0.4 is 0 Å². The van der Waals surface area contributed by atoms with Crippen molar-refractivity contribution in [3.05, 3.63) is 42.5 Å². The quantitative estimate of drug-likeness (QED) is 0.790. The van der Waals surface area contributed by atoms with E-state index in [1.807, 2.05) is 0 Å². The third-order valence-electron chi connectivity index (χ3n) is 1.90. The highest BCUT2D eigenvalue weighted by Gasteiger charge is 2.05. The molecule has 0 unspecified atom stereocenters.